The van der Waals surface area contributed by atoms with Crippen LogP contribution in [0.4, 0.5) is 5.69 Å². The molecule has 1 unspecified atom stereocenters. The van der Waals surface area contributed by atoms with E-state index in [0.717, 1.165) is 21.0 Å². The molecule has 0 aliphatic rings. The Balaban J connectivity index is 2.03. The van der Waals surface area contributed by atoms with Crippen LogP contribution in [0.15, 0.2) is 77.7 Å². The van der Waals surface area contributed by atoms with E-state index in [4.69, 9.17) is 11.6 Å². The first-order valence-corrected chi connectivity index (χ1v) is 15.2. The normalized spacial score (nSPS) is 12.2. The van der Waals surface area contributed by atoms with Crippen LogP contribution in [0, 0.1) is 13.8 Å². The Morgan fingerprint density at radius 3 is 2.17 bits per heavy atom. The third-order valence-electron chi connectivity index (χ3n) is 6.63. The summed E-state index contributed by atoms with van der Waals surface area (Å²) in [5.74, 6) is -0.751. The molecule has 0 heterocycles. The van der Waals surface area contributed by atoms with Crippen molar-refractivity contribution in [3.63, 3.8) is 0 Å². The number of amides is 2. The van der Waals surface area contributed by atoms with E-state index in [-0.39, 0.29) is 29.1 Å². The third kappa shape index (κ3) is 7.86. The van der Waals surface area contributed by atoms with Crippen LogP contribution in [0.25, 0.3) is 0 Å². The molecule has 40 heavy (non-hydrogen) atoms. The van der Waals surface area contributed by atoms with Gasteiger partial charge in [0, 0.05) is 17.6 Å². The number of anilines is 1. The number of sulfonamides is 1. The van der Waals surface area contributed by atoms with Crippen LogP contribution in [0.3, 0.4) is 0 Å². The second kappa shape index (κ2) is 13.8. The molecular weight excluding hydrogens is 546 g/mol. The molecule has 9 heteroatoms. The van der Waals surface area contributed by atoms with Crippen LogP contribution in [0.1, 0.15) is 43.9 Å². The van der Waals surface area contributed by atoms with Gasteiger partial charge in [0.15, 0.2) is 0 Å². The maximum Gasteiger partial charge on any atom is 0.264 e. The molecule has 7 nitrogen and oxygen atoms in total. The van der Waals surface area contributed by atoms with E-state index in [1.807, 2.05) is 65.0 Å². The second-order valence-corrected chi connectivity index (χ2v) is 12.4. The highest BCUT2D eigenvalue weighted by Gasteiger charge is 2.33. The summed E-state index contributed by atoms with van der Waals surface area (Å²) >= 11 is 6.38. The summed E-state index contributed by atoms with van der Waals surface area (Å²) in [5, 5.41) is 3.29. The number of nitrogens with zero attached hydrogens (tertiary/aromatic N) is 2. The van der Waals surface area contributed by atoms with Gasteiger partial charge in [-0.2, -0.15) is 0 Å². The zero-order valence-electron chi connectivity index (χ0n) is 23.7. The topological polar surface area (TPSA) is 86.8 Å². The lowest BCUT2D eigenvalue weighted by molar-refractivity contribution is -0.139. The van der Waals surface area contributed by atoms with Crippen molar-refractivity contribution in [2.45, 2.75) is 64.4 Å². The number of hydrogen-bond donors (Lipinski definition) is 1. The molecule has 0 aromatic heterocycles. The lowest BCUT2D eigenvalue weighted by Gasteiger charge is -2.33. The Hall–Kier alpha value is -3.36. The number of carbonyl (C=O) groups excluding carboxylic acids is 2. The predicted octanol–water partition coefficient (Wildman–Crippen LogP) is 5.53. The highest BCUT2D eigenvalue weighted by molar-refractivity contribution is 7.92. The highest BCUT2D eigenvalue weighted by Crippen LogP contribution is 2.28. The number of halogens is 1. The van der Waals surface area contributed by atoms with Crippen LogP contribution in [0.2, 0.25) is 5.02 Å². The fourth-order valence-corrected chi connectivity index (χ4v) is 5.96. The first-order valence-electron chi connectivity index (χ1n) is 13.4. The van der Waals surface area contributed by atoms with Gasteiger partial charge in [0.1, 0.15) is 12.6 Å². The molecule has 0 saturated heterocycles. The SMILES string of the molecule is CCC(C(=O)NC(C)C)N(CCc1ccccc1)C(=O)CN(c1ccc(C)c(Cl)c1)S(=O)(=O)c1ccc(C)cc1. The standard InChI is InChI=1S/C31H38ClN3O4S/c1-6-29(31(37)33-22(2)3)34(19-18-25-10-8-7-9-11-25)30(36)21-35(26-15-14-24(5)28(32)20-26)40(38,39)27-16-12-23(4)13-17-27/h7-17,20,22,29H,6,18-19,21H2,1-5H3,(H,33,37). The Kier molecular flexibility index (Phi) is 10.8. The predicted molar refractivity (Wildman–Crippen MR) is 161 cm³/mol. The van der Waals surface area contributed by atoms with Gasteiger partial charge in [-0.3, -0.25) is 13.9 Å². The van der Waals surface area contributed by atoms with E-state index >= 15 is 0 Å². The summed E-state index contributed by atoms with van der Waals surface area (Å²) in [7, 11) is -4.14. The number of carbonyl (C=O) groups is 2. The van der Waals surface area contributed by atoms with Crippen LogP contribution in [0.5, 0.6) is 0 Å². The number of benzene rings is 3. The van der Waals surface area contributed by atoms with E-state index in [1.165, 1.54) is 17.0 Å². The molecular formula is C31H38ClN3O4S. The van der Waals surface area contributed by atoms with Crippen LogP contribution < -0.4 is 9.62 Å². The Morgan fingerprint density at radius 1 is 0.950 bits per heavy atom. The fraction of sp³-hybridized carbons (Fsp3) is 0.355. The van der Waals surface area contributed by atoms with Crippen LogP contribution >= 0.6 is 11.6 Å². The molecule has 0 bridgehead atoms. The fourth-order valence-electron chi connectivity index (χ4n) is 4.38. The number of rotatable bonds is 12. The maximum absolute atomic E-state index is 14.0. The Labute approximate surface area is 243 Å². The van der Waals surface area contributed by atoms with E-state index < -0.39 is 28.5 Å². The van der Waals surface area contributed by atoms with Gasteiger partial charge in [-0.1, -0.05) is 72.6 Å². The second-order valence-electron chi connectivity index (χ2n) is 10.2. The van der Waals surface area contributed by atoms with Crippen molar-refractivity contribution in [1.82, 2.24) is 10.2 Å². The molecule has 214 valence electrons. The van der Waals surface area contributed by atoms with Crippen molar-refractivity contribution in [3.8, 4) is 0 Å². The maximum atomic E-state index is 14.0. The Bertz CT molecular complexity index is 1410. The minimum atomic E-state index is -4.14. The first kappa shape index (κ1) is 31.2. The first-order chi connectivity index (χ1) is 18.9. The Morgan fingerprint density at radius 2 is 1.60 bits per heavy atom. The van der Waals surface area contributed by atoms with Crippen molar-refractivity contribution < 1.29 is 18.0 Å². The van der Waals surface area contributed by atoms with Crippen molar-refractivity contribution in [2.75, 3.05) is 17.4 Å². The van der Waals surface area contributed by atoms with E-state index in [1.54, 1.807) is 30.3 Å². The molecule has 1 N–H and O–H groups in total. The molecule has 3 aromatic rings. The van der Waals surface area contributed by atoms with Gasteiger partial charge < -0.3 is 10.2 Å². The summed E-state index contributed by atoms with van der Waals surface area (Å²) in [5.41, 5.74) is 2.97. The quantitative estimate of drug-likeness (QED) is 0.304. The van der Waals surface area contributed by atoms with Gasteiger partial charge >= 0.3 is 0 Å². The van der Waals surface area contributed by atoms with Gasteiger partial charge in [-0.25, -0.2) is 8.42 Å². The summed E-state index contributed by atoms with van der Waals surface area (Å²) in [4.78, 5) is 28.8. The molecule has 3 rings (SSSR count). The molecule has 1 atom stereocenters. The highest BCUT2D eigenvalue weighted by atomic mass is 35.5. The van der Waals surface area contributed by atoms with Gasteiger partial charge in [-0.15, -0.1) is 0 Å². The van der Waals surface area contributed by atoms with E-state index in [9.17, 15) is 18.0 Å². The molecule has 0 radical (unpaired) electrons. The van der Waals surface area contributed by atoms with Gasteiger partial charge in [-0.05, 0) is 75.9 Å². The van der Waals surface area contributed by atoms with Crippen LogP contribution in [-0.2, 0) is 26.0 Å². The average Bonchev–Trinajstić information content (AvgIpc) is 2.91. The zero-order chi connectivity index (χ0) is 29.4. The third-order valence-corrected chi connectivity index (χ3v) is 8.83. The monoisotopic (exact) mass is 583 g/mol. The largest absolute Gasteiger partial charge is 0.352 e. The van der Waals surface area contributed by atoms with Crippen molar-refractivity contribution in [2.24, 2.45) is 0 Å². The van der Waals surface area contributed by atoms with E-state index in [2.05, 4.69) is 5.32 Å². The summed E-state index contributed by atoms with van der Waals surface area (Å²) in [6.07, 6.45) is 0.888. The molecule has 0 spiro atoms. The smallest absolute Gasteiger partial charge is 0.264 e. The summed E-state index contributed by atoms with van der Waals surface area (Å²) < 4.78 is 28.9. The molecule has 0 aliphatic heterocycles. The lowest BCUT2D eigenvalue weighted by Crippen LogP contribution is -2.54. The summed E-state index contributed by atoms with van der Waals surface area (Å²) in [6, 6.07) is 20.2. The van der Waals surface area contributed by atoms with Crippen molar-refractivity contribution in [1.29, 1.82) is 0 Å². The molecule has 2 amide bonds. The molecule has 0 saturated carbocycles. The van der Waals surface area contributed by atoms with Crippen molar-refractivity contribution >= 4 is 39.1 Å². The number of aryl methyl sites for hydroxylation is 2. The number of nitrogens with one attached hydrogen (secondary N) is 1. The molecule has 3 aromatic carbocycles. The minimum absolute atomic E-state index is 0.0584. The van der Waals surface area contributed by atoms with Gasteiger partial charge in [0.05, 0.1) is 10.6 Å². The average molecular weight is 584 g/mol. The minimum Gasteiger partial charge on any atom is -0.352 e. The van der Waals surface area contributed by atoms with Crippen molar-refractivity contribution in [3.05, 3.63) is 94.5 Å². The van der Waals surface area contributed by atoms with Crippen LogP contribution in [-0.4, -0.2) is 50.3 Å². The molecule has 0 aliphatic carbocycles. The van der Waals surface area contributed by atoms with E-state index in [0.29, 0.717) is 17.9 Å². The zero-order valence-corrected chi connectivity index (χ0v) is 25.3. The van der Waals surface area contributed by atoms with Gasteiger partial charge in [0.2, 0.25) is 11.8 Å². The number of hydrogen-bond acceptors (Lipinski definition) is 4. The molecule has 0 fully saturated rings. The lowest BCUT2D eigenvalue weighted by atomic mass is 10.1. The van der Waals surface area contributed by atoms with Gasteiger partial charge in [0.25, 0.3) is 10.0 Å². The summed E-state index contributed by atoms with van der Waals surface area (Å²) in [6.45, 7) is 9.01.